The lowest BCUT2D eigenvalue weighted by Gasteiger charge is -2.25. The fraction of sp³-hybridized carbons (Fsp3) is 0.273. The number of benzene rings is 2. The van der Waals surface area contributed by atoms with Crippen LogP contribution in [0.3, 0.4) is 0 Å². The first kappa shape index (κ1) is 20.3. The monoisotopic (exact) mass is 394 g/mol. The fourth-order valence-electron chi connectivity index (χ4n) is 3.18. The number of imide groups is 1. The largest absolute Gasteiger partial charge is 0.454 e. The number of rotatable bonds is 6. The molecule has 1 heterocycles. The van der Waals surface area contributed by atoms with Gasteiger partial charge in [0.05, 0.1) is 6.42 Å². The standard InChI is InChI=1S/C22H22N2O5/c1-14(2)16-8-5-6-10-18(16)23-19(25)13-29-21(27)12-24-20(26)11-15-7-3-4-9-17(15)22(24)28/h3-10,14H,11-13H2,1-2H3,(H,23,25). The molecule has 29 heavy (non-hydrogen) atoms. The van der Waals surface area contributed by atoms with Crippen molar-refractivity contribution >= 4 is 29.4 Å². The molecule has 0 aromatic heterocycles. The van der Waals surface area contributed by atoms with Crippen molar-refractivity contribution in [3.05, 3.63) is 65.2 Å². The van der Waals surface area contributed by atoms with Crippen molar-refractivity contribution in [2.75, 3.05) is 18.5 Å². The Morgan fingerprint density at radius 1 is 1.07 bits per heavy atom. The third kappa shape index (κ3) is 4.68. The Hall–Kier alpha value is -3.48. The van der Waals surface area contributed by atoms with E-state index in [2.05, 4.69) is 5.32 Å². The van der Waals surface area contributed by atoms with Crippen LogP contribution in [0, 0.1) is 0 Å². The van der Waals surface area contributed by atoms with Crippen LogP contribution in [-0.4, -0.2) is 41.7 Å². The van der Waals surface area contributed by atoms with Crippen molar-refractivity contribution < 1.29 is 23.9 Å². The predicted molar refractivity (Wildman–Crippen MR) is 106 cm³/mol. The number of hydrogen-bond acceptors (Lipinski definition) is 5. The summed E-state index contributed by atoms with van der Waals surface area (Å²) in [7, 11) is 0. The number of hydrogen-bond donors (Lipinski definition) is 1. The minimum Gasteiger partial charge on any atom is -0.454 e. The van der Waals surface area contributed by atoms with E-state index in [-0.39, 0.29) is 12.3 Å². The third-order valence-electron chi connectivity index (χ3n) is 4.64. The molecule has 0 saturated heterocycles. The number of fused-ring (bicyclic) bond motifs is 1. The van der Waals surface area contributed by atoms with Gasteiger partial charge in [0.1, 0.15) is 6.54 Å². The number of carbonyl (C=O) groups excluding carboxylic acids is 4. The highest BCUT2D eigenvalue weighted by Gasteiger charge is 2.32. The maximum absolute atomic E-state index is 12.5. The van der Waals surface area contributed by atoms with Crippen LogP contribution in [0.15, 0.2) is 48.5 Å². The zero-order chi connectivity index (χ0) is 21.0. The van der Waals surface area contributed by atoms with Crippen molar-refractivity contribution in [2.45, 2.75) is 26.2 Å². The van der Waals surface area contributed by atoms with Gasteiger partial charge in [-0.3, -0.25) is 24.1 Å². The summed E-state index contributed by atoms with van der Waals surface area (Å²) in [5, 5.41) is 2.72. The SMILES string of the molecule is CC(C)c1ccccc1NC(=O)COC(=O)CN1C(=O)Cc2ccccc2C1=O. The number of nitrogens with one attached hydrogen (secondary N) is 1. The van der Waals surface area contributed by atoms with Crippen LogP contribution in [0.25, 0.3) is 0 Å². The zero-order valence-electron chi connectivity index (χ0n) is 16.3. The number of para-hydroxylation sites is 1. The van der Waals surface area contributed by atoms with Crippen LogP contribution >= 0.6 is 0 Å². The number of esters is 1. The first-order chi connectivity index (χ1) is 13.9. The Morgan fingerprint density at radius 2 is 1.76 bits per heavy atom. The van der Waals surface area contributed by atoms with Crippen molar-refractivity contribution in [1.82, 2.24) is 4.90 Å². The molecule has 2 aromatic carbocycles. The lowest BCUT2D eigenvalue weighted by molar-refractivity contribution is -0.150. The molecule has 3 amide bonds. The minimum atomic E-state index is -0.821. The van der Waals surface area contributed by atoms with Crippen LogP contribution in [0.5, 0.6) is 0 Å². The summed E-state index contributed by atoms with van der Waals surface area (Å²) in [5.41, 5.74) is 2.65. The summed E-state index contributed by atoms with van der Waals surface area (Å²) < 4.78 is 4.97. The van der Waals surface area contributed by atoms with Gasteiger partial charge in [0, 0.05) is 11.3 Å². The van der Waals surface area contributed by atoms with Gasteiger partial charge >= 0.3 is 5.97 Å². The minimum absolute atomic E-state index is 0.0433. The van der Waals surface area contributed by atoms with E-state index in [0.29, 0.717) is 16.8 Å². The molecule has 0 fully saturated rings. The smallest absolute Gasteiger partial charge is 0.326 e. The lowest BCUT2D eigenvalue weighted by atomic mass is 9.98. The van der Waals surface area contributed by atoms with Gasteiger partial charge in [-0.2, -0.15) is 0 Å². The summed E-state index contributed by atoms with van der Waals surface area (Å²) >= 11 is 0. The Kier molecular flexibility index (Phi) is 6.07. The molecule has 1 aliphatic rings. The summed E-state index contributed by atoms with van der Waals surface area (Å²) in [6, 6.07) is 14.1. The molecule has 0 spiro atoms. The van der Waals surface area contributed by atoms with E-state index in [4.69, 9.17) is 4.74 Å². The molecule has 0 saturated carbocycles. The number of amides is 3. The van der Waals surface area contributed by atoms with Gasteiger partial charge in [0.25, 0.3) is 11.8 Å². The number of anilines is 1. The normalized spacial score (nSPS) is 13.3. The molecule has 150 valence electrons. The first-order valence-electron chi connectivity index (χ1n) is 9.34. The molecule has 0 bridgehead atoms. The van der Waals surface area contributed by atoms with Crippen LogP contribution in [-0.2, 0) is 25.5 Å². The quantitative estimate of drug-likeness (QED) is 0.600. The van der Waals surface area contributed by atoms with Crippen LogP contribution in [0.2, 0.25) is 0 Å². The summed E-state index contributed by atoms with van der Waals surface area (Å²) in [6.45, 7) is 2.99. The molecule has 0 atom stereocenters. The highest BCUT2D eigenvalue weighted by atomic mass is 16.5. The topological polar surface area (TPSA) is 92.8 Å². The second kappa shape index (κ2) is 8.68. The van der Waals surface area contributed by atoms with E-state index in [9.17, 15) is 19.2 Å². The fourth-order valence-corrected chi connectivity index (χ4v) is 3.18. The number of ether oxygens (including phenoxy) is 1. The first-order valence-corrected chi connectivity index (χ1v) is 9.34. The van der Waals surface area contributed by atoms with Crippen molar-refractivity contribution in [3.8, 4) is 0 Å². The third-order valence-corrected chi connectivity index (χ3v) is 4.64. The maximum Gasteiger partial charge on any atom is 0.326 e. The number of carbonyl (C=O) groups is 4. The van der Waals surface area contributed by atoms with Crippen LogP contribution < -0.4 is 5.32 Å². The van der Waals surface area contributed by atoms with Crippen molar-refractivity contribution in [1.29, 1.82) is 0 Å². The summed E-state index contributed by atoms with van der Waals surface area (Å²) in [5.74, 6) is -2.11. The Morgan fingerprint density at radius 3 is 2.52 bits per heavy atom. The molecule has 0 aliphatic carbocycles. The highest BCUT2D eigenvalue weighted by Crippen LogP contribution is 2.23. The second-order valence-corrected chi connectivity index (χ2v) is 7.07. The molecular weight excluding hydrogens is 372 g/mol. The van der Waals surface area contributed by atoms with E-state index < -0.39 is 36.8 Å². The molecule has 1 N–H and O–H groups in total. The molecular formula is C22H22N2O5. The van der Waals surface area contributed by atoms with Gasteiger partial charge in [0.2, 0.25) is 5.91 Å². The molecule has 0 unspecified atom stereocenters. The van der Waals surface area contributed by atoms with Crippen molar-refractivity contribution in [2.24, 2.45) is 0 Å². The predicted octanol–water partition coefficient (Wildman–Crippen LogP) is 2.52. The molecule has 7 heteroatoms. The van der Waals surface area contributed by atoms with E-state index in [0.717, 1.165) is 10.5 Å². The van der Waals surface area contributed by atoms with Crippen molar-refractivity contribution in [3.63, 3.8) is 0 Å². The zero-order valence-corrected chi connectivity index (χ0v) is 16.3. The molecule has 1 aliphatic heterocycles. The summed E-state index contributed by atoms with van der Waals surface area (Å²) in [6.07, 6.45) is 0.0433. The van der Waals surface area contributed by atoms with Gasteiger partial charge in [-0.1, -0.05) is 50.2 Å². The van der Waals surface area contributed by atoms with Gasteiger partial charge in [-0.05, 0) is 29.2 Å². The average molecular weight is 394 g/mol. The van der Waals surface area contributed by atoms with Crippen LogP contribution in [0.1, 0.15) is 41.3 Å². The average Bonchev–Trinajstić information content (AvgIpc) is 2.70. The molecule has 7 nitrogen and oxygen atoms in total. The van der Waals surface area contributed by atoms with Gasteiger partial charge in [-0.15, -0.1) is 0 Å². The molecule has 0 radical (unpaired) electrons. The van der Waals surface area contributed by atoms with Gasteiger partial charge in [-0.25, -0.2) is 0 Å². The Labute approximate surface area is 168 Å². The Bertz CT molecular complexity index is 967. The summed E-state index contributed by atoms with van der Waals surface area (Å²) in [4.78, 5) is 49.8. The van der Waals surface area contributed by atoms with Gasteiger partial charge in [0.15, 0.2) is 6.61 Å². The molecule has 2 aromatic rings. The highest BCUT2D eigenvalue weighted by molar-refractivity contribution is 6.11. The van der Waals surface area contributed by atoms with E-state index in [1.807, 2.05) is 26.0 Å². The number of nitrogens with zero attached hydrogens (tertiary/aromatic N) is 1. The van der Waals surface area contributed by atoms with Gasteiger partial charge < -0.3 is 10.1 Å². The van der Waals surface area contributed by atoms with E-state index in [1.165, 1.54) is 0 Å². The maximum atomic E-state index is 12.5. The van der Waals surface area contributed by atoms with E-state index in [1.54, 1.807) is 36.4 Å². The van der Waals surface area contributed by atoms with E-state index >= 15 is 0 Å². The lowest BCUT2D eigenvalue weighted by Crippen LogP contribution is -2.45. The van der Waals surface area contributed by atoms with Crippen LogP contribution in [0.4, 0.5) is 5.69 Å². The molecule has 3 rings (SSSR count). The Balaban J connectivity index is 1.56. The second-order valence-electron chi connectivity index (χ2n) is 7.07.